The van der Waals surface area contributed by atoms with Crippen molar-refractivity contribution in [2.24, 2.45) is 0 Å². The largest absolute Gasteiger partial charge is 0.467 e. The number of ether oxygens (including phenoxy) is 1. The molecule has 0 aromatic heterocycles. The Labute approximate surface area is 80.6 Å². The number of amides is 1. The lowest BCUT2D eigenvalue weighted by atomic mass is 10.3. The molecule has 0 unspecified atom stereocenters. The molecule has 1 rings (SSSR count). The van der Waals surface area contributed by atoms with E-state index < -0.39 is 17.9 Å². The lowest BCUT2D eigenvalue weighted by Crippen LogP contribution is -2.41. The maximum Gasteiger partial charge on any atom is 0.329 e. The smallest absolute Gasteiger partial charge is 0.329 e. The minimum Gasteiger partial charge on any atom is -0.467 e. The van der Waals surface area contributed by atoms with Gasteiger partial charge in [0.1, 0.15) is 6.04 Å². The zero-order chi connectivity index (χ0) is 9.84. The van der Waals surface area contributed by atoms with Gasteiger partial charge in [-0.3, -0.25) is 4.79 Å². The van der Waals surface area contributed by atoms with E-state index in [0.717, 1.165) is 0 Å². The summed E-state index contributed by atoms with van der Waals surface area (Å²) in [5.74, 6) is 2.13. The van der Waals surface area contributed by atoms with E-state index in [1.54, 1.807) is 0 Å². The Balaban J connectivity index is 2.70. The first-order valence-corrected chi connectivity index (χ1v) is 4.79. The van der Waals surface area contributed by atoms with Crippen LogP contribution in [0.25, 0.3) is 0 Å². The van der Waals surface area contributed by atoms with E-state index in [1.165, 1.54) is 23.8 Å². The topological polar surface area (TPSA) is 46.6 Å². The summed E-state index contributed by atoms with van der Waals surface area (Å²) in [7, 11) is 1.30. The van der Waals surface area contributed by atoms with Gasteiger partial charge < -0.3 is 9.64 Å². The number of rotatable bonds is 1. The Morgan fingerprint density at radius 3 is 2.92 bits per heavy atom. The molecule has 1 amide bonds. The molecule has 0 saturated carbocycles. The van der Waals surface area contributed by atoms with Crippen molar-refractivity contribution in [3.63, 3.8) is 0 Å². The molecule has 0 aromatic rings. The first kappa shape index (κ1) is 9.93. The van der Waals surface area contributed by atoms with E-state index in [0.29, 0.717) is 11.6 Å². The van der Waals surface area contributed by atoms with Gasteiger partial charge in [0, 0.05) is 5.75 Å². The Hall–Kier alpha value is -1.15. The number of thioether (sulfide) groups is 1. The van der Waals surface area contributed by atoms with Crippen LogP contribution in [-0.2, 0) is 14.3 Å². The Morgan fingerprint density at radius 1 is 1.69 bits per heavy atom. The van der Waals surface area contributed by atoms with Crippen molar-refractivity contribution in [1.29, 1.82) is 0 Å². The molecule has 13 heavy (non-hydrogen) atoms. The maximum absolute atomic E-state index is 11.1. The highest BCUT2D eigenvalue weighted by Gasteiger charge is 2.34. The SMILES string of the molecule is C#CC(=O)N1CSC[C@H]1C(=O)OC. The predicted octanol–water partition coefficient (Wildman–Crippen LogP) is -0.306. The van der Waals surface area contributed by atoms with Crippen molar-refractivity contribution in [2.45, 2.75) is 6.04 Å². The second-order valence-corrected chi connectivity index (χ2v) is 3.46. The van der Waals surface area contributed by atoms with Gasteiger partial charge in [-0.05, 0) is 5.92 Å². The first-order valence-electron chi connectivity index (χ1n) is 3.63. The number of hydrogen-bond donors (Lipinski definition) is 0. The fraction of sp³-hybridized carbons (Fsp3) is 0.500. The van der Waals surface area contributed by atoms with Crippen LogP contribution < -0.4 is 0 Å². The molecule has 1 fully saturated rings. The van der Waals surface area contributed by atoms with Crippen molar-refractivity contribution >= 4 is 23.6 Å². The molecular formula is C8H9NO3S. The van der Waals surface area contributed by atoms with Crippen molar-refractivity contribution in [3.05, 3.63) is 0 Å². The Morgan fingerprint density at radius 2 is 2.38 bits per heavy atom. The fourth-order valence-electron chi connectivity index (χ4n) is 1.06. The molecule has 1 aliphatic rings. The summed E-state index contributed by atoms with van der Waals surface area (Å²) in [4.78, 5) is 23.6. The van der Waals surface area contributed by atoms with Crippen LogP contribution >= 0.6 is 11.8 Å². The van der Waals surface area contributed by atoms with Gasteiger partial charge in [-0.15, -0.1) is 18.2 Å². The number of terminal acetylenes is 1. The summed E-state index contributed by atoms with van der Waals surface area (Å²) in [6, 6.07) is -0.515. The summed E-state index contributed by atoms with van der Waals surface area (Å²) in [5, 5.41) is 0. The van der Waals surface area contributed by atoms with Crippen LogP contribution in [0.1, 0.15) is 0 Å². The average Bonchev–Trinajstić information content (AvgIpc) is 2.63. The van der Waals surface area contributed by atoms with Crippen molar-refractivity contribution in [2.75, 3.05) is 18.7 Å². The van der Waals surface area contributed by atoms with E-state index in [2.05, 4.69) is 4.74 Å². The molecule has 1 atom stereocenters. The van der Waals surface area contributed by atoms with Crippen LogP contribution in [-0.4, -0.2) is 41.6 Å². The standard InChI is InChI=1S/C8H9NO3S/c1-3-7(10)9-5-13-4-6(9)8(11)12-2/h1,6H,4-5H2,2H3/t6-/m0/s1. The van der Waals surface area contributed by atoms with E-state index in [1.807, 2.05) is 5.92 Å². The number of hydrogen-bond acceptors (Lipinski definition) is 4. The van der Waals surface area contributed by atoms with Gasteiger partial charge in [-0.25, -0.2) is 4.79 Å². The Bertz CT molecular complexity index is 271. The first-order chi connectivity index (χ1) is 6.20. The van der Waals surface area contributed by atoms with Gasteiger partial charge in [-0.2, -0.15) is 0 Å². The lowest BCUT2D eigenvalue weighted by Gasteiger charge is -2.18. The molecule has 1 saturated heterocycles. The van der Waals surface area contributed by atoms with E-state index >= 15 is 0 Å². The molecule has 0 bridgehead atoms. The highest BCUT2D eigenvalue weighted by molar-refractivity contribution is 7.99. The minimum atomic E-state index is -0.515. The highest BCUT2D eigenvalue weighted by atomic mass is 32.2. The van der Waals surface area contributed by atoms with Crippen LogP contribution in [0.5, 0.6) is 0 Å². The van der Waals surface area contributed by atoms with Crippen LogP contribution in [0.15, 0.2) is 0 Å². The molecule has 70 valence electrons. The number of esters is 1. The average molecular weight is 199 g/mol. The van der Waals surface area contributed by atoms with E-state index in [-0.39, 0.29) is 0 Å². The summed E-state index contributed by atoms with van der Waals surface area (Å²) >= 11 is 1.49. The van der Waals surface area contributed by atoms with E-state index in [4.69, 9.17) is 6.42 Å². The third-order valence-electron chi connectivity index (χ3n) is 1.74. The van der Waals surface area contributed by atoms with Crippen molar-refractivity contribution < 1.29 is 14.3 Å². The predicted molar refractivity (Wildman–Crippen MR) is 48.8 cm³/mol. The van der Waals surface area contributed by atoms with Gasteiger partial charge >= 0.3 is 5.97 Å². The third-order valence-corrected chi connectivity index (χ3v) is 2.75. The van der Waals surface area contributed by atoms with Gasteiger partial charge in [0.15, 0.2) is 0 Å². The van der Waals surface area contributed by atoms with Crippen LogP contribution in [0, 0.1) is 12.3 Å². The summed E-state index contributed by atoms with van der Waals surface area (Å²) in [5.41, 5.74) is 0. The molecule has 1 aliphatic heterocycles. The number of nitrogens with zero attached hydrogens (tertiary/aromatic N) is 1. The summed E-state index contributed by atoms with van der Waals surface area (Å²) in [6.45, 7) is 0. The zero-order valence-electron chi connectivity index (χ0n) is 7.15. The quantitative estimate of drug-likeness (QED) is 0.429. The molecule has 0 aromatic carbocycles. The summed E-state index contributed by atoms with van der Waals surface area (Å²) in [6.07, 6.45) is 4.95. The molecule has 0 radical (unpaired) electrons. The van der Waals surface area contributed by atoms with Crippen LogP contribution in [0.4, 0.5) is 0 Å². The maximum atomic E-state index is 11.1. The minimum absolute atomic E-state index is 0.409. The fourth-order valence-corrected chi connectivity index (χ4v) is 2.20. The van der Waals surface area contributed by atoms with Crippen LogP contribution in [0.3, 0.4) is 0 Å². The second-order valence-electron chi connectivity index (χ2n) is 2.46. The Kier molecular flexibility index (Phi) is 3.20. The summed E-state index contributed by atoms with van der Waals surface area (Å²) < 4.78 is 4.54. The lowest BCUT2D eigenvalue weighted by molar-refractivity contribution is -0.148. The van der Waals surface area contributed by atoms with E-state index in [9.17, 15) is 9.59 Å². The number of carbonyl (C=O) groups excluding carboxylic acids is 2. The molecule has 4 nitrogen and oxygen atoms in total. The van der Waals surface area contributed by atoms with Crippen LogP contribution in [0.2, 0.25) is 0 Å². The van der Waals surface area contributed by atoms with Crippen molar-refractivity contribution in [1.82, 2.24) is 4.90 Å². The van der Waals surface area contributed by atoms with Gasteiger partial charge in [0.2, 0.25) is 0 Å². The van der Waals surface area contributed by atoms with Gasteiger partial charge in [0.25, 0.3) is 5.91 Å². The molecule has 1 heterocycles. The van der Waals surface area contributed by atoms with Gasteiger partial charge in [0.05, 0.1) is 13.0 Å². The normalized spacial score (nSPS) is 20.9. The molecular weight excluding hydrogens is 190 g/mol. The van der Waals surface area contributed by atoms with Gasteiger partial charge in [-0.1, -0.05) is 0 Å². The molecule has 0 N–H and O–H groups in total. The molecule has 0 aliphatic carbocycles. The number of carbonyl (C=O) groups is 2. The zero-order valence-corrected chi connectivity index (χ0v) is 7.97. The second kappa shape index (κ2) is 4.19. The highest BCUT2D eigenvalue weighted by Crippen LogP contribution is 2.21. The molecule has 5 heteroatoms. The third kappa shape index (κ3) is 1.95. The molecule has 0 spiro atoms. The number of methoxy groups -OCH3 is 1. The monoisotopic (exact) mass is 199 g/mol. The van der Waals surface area contributed by atoms with Crippen molar-refractivity contribution in [3.8, 4) is 12.3 Å².